The van der Waals surface area contributed by atoms with Gasteiger partial charge in [0.05, 0.1) is 6.10 Å². The number of nitrogens with one attached hydrogen (secondary N) is 1. The van der Waals surface area contributed by atoms with Crippen LogP contribution in [0.4, 0.5) is 0 Å². The molecule has 0 aromatic heterocycles. The van der Waals surface area contributed by atoms with E-state index in [9.17, 15) is 4.79 Å². The van der Waals surface area contributed by atoms with E-state index in [4.69, 9.17) is 4.74 Å². The highest BCUT2D eigenvalue weighted by atomic mass is 16.5. The van der Waals surface area contributed by atoms with Gasteiger partial charge in [0.25, 0.3) is 0 Å². The summed E-state index contributed by atoms with van der Waals surface area (Å²) in [5.41, 5.74) is 0.655. The lowest BCUT2D eigenvalue weighted by Crippen LogP contribution is -2.42. The number of hydrogen-bond donors (Lipinski definition) is 1. The maximum Gasteiger partial charge on any atom is 0.169 e. The Kier molecular flexibility index (Phi) is 5.40. The van der Waals surface area contributed by atoms with Crippen molar-refractivity contribution >= 4 is 5.78 Å². The third kappa shape index (κ3) is 3.85. The van der Waals surface area contributed by atoms with Gasteiger partial charge in [0, 0.05) is 11.0 Å². The largest absolute Gasteiger partial charge is 0.491 e. The molecule has 116 valence electrons. The van der Waals surface area contributed by atoms with Crippen molar-refractivity contribution in [2.45, 2.75) is 52.6 Å². The van der Waals surface area contributed by atoms with Gasteiger partial charge in [0.1, 0.15) is 5.75 Å². The number of carbonyl (C=O) groups excluding carboxylic acids is 1. The minimum Gasteiger partial charge on any atom is -0.491 e. The Hall–Kier alpha value is -1.35. The summed E-state index contributed by atoms with van der Waals surface area (Å²) in [7, 11) is 0. The van der Waals surface area contributed by atoms with E-state index in [1.807, 2.05) is 38.1 Å². The topological polar surface area (TPSA) is 38.3 Å². The molecule has 3 heteroatoms. The standard InChI is InChI=1S/C18H27NO2/c1-4-9-18(10-12-19-13-11-18)17(20)15-5-7-16(8-6-15)21-14(2)3/h5-8,14,19H,4,9-13H2,1-3H3. The third-order valence-corrected chi connectivity index (χ3v) is 4.26. The van der Waals surface area contributed by atoms with Gasteiger partial charge < -0.3 is 10.1 Å². The Morgan fingerprint density at radius 1 is 1.24 bits per heavy atom. The van der Waals surface area contributed by atoms with Crippen LogP contribution in [-0.2, 0) is 0 Å². The van der Waals surface area contributed by atoms with Crippen molar-refractivity contribution in [1.82, 2.24) is 5.32 Å². The first-order chi connectivity index (χ1) is 10.1. The lowest BCUT2D eigenvalue weighted by Gasteiger charge is -2.36. The number of benzene rings is 1. The average molecular weight is 289 g/mol. The average Bonchev–Trinajstić information content (AvgIpc) is 2.48. The molecule has 0 spiro atoms. The lowest BCUT2D eigenvalue weighted by molar-refractivity contribution is 0.0704. The first-order valence-corrected chi connectivity index (χ1v) is 8.09. The highest BCUT2D eigenvalue weighted by Gasteiger charge is 2.38. The van der Waals surface area contributed by atoms with Gasteiger partial charge in [-0.1, -0.05) is 13.3 Å². The molecule has 1 aliphatic rings. The van der Waals surface area contributed by atoms with E-state index >= 15 is 0 Å². The summed E-state index contributed by atoms with van der Waals surface area (Å²) in [4.78, 5) is 13.0. The number of carbonyl (C=O) groups is 1. The van der Waals surface area contributed by atoms with Gasteiger partial charge in [-0.3, -0.25) is 4.79 Å². The van der Waals surface area contributed by atoms with Crippen LogP contribution in [0.2, 0.25) is 0 Å². The Bertz CT molecular complexity index is 453. The number of ether oxygens (including phenoxy) is 1. The van der Waals surface area contributed by atoms with Gasteiger partial charge in [-0.2, -0.15) is 0 Å². The zero-order valence-electron chi connectivity index (χ0n) is 13.4. The second-order valence-corrected chi connectivity index (χ2v) is 6.30. The van der Waals surface area contributed by atoms with E-state index in [1.54, 1.807) is 0 Å². The van der Waals surface area contributed by atoms with Gasteiger partial charge in [-0.25, -0.2) is 0 Å². The highest BCUT2D eigenvalue weighted by molar-refractivity contribution is 6.00. The SMILES string of the molecule is CCCC1(C(=O)c2ccc(OC(C)C)cc2)CCNCC1. The molecule has 0 unspecified atom stereocenters. The molecule has 2 rings (SSSR count). The van der Waals surface area contributed by atoms with Gasteiger partial charge in [-0.15, -0.1) is 0 Å². The van der Waals surface area contributed by atoms with Crippen LogP contribution in [0.25, 0.3) is 0 Å². The van der Waals surface area contributed by atoms with E-state index in [2.05, 4.69) is 12.2 Å². The maximum absolute atomic E-state index is 13.0. The second-order valence-electron chi connectivity index (χ2n) is 6.30. The summed E-state index contributed by atoms with van der Waals surface area (Å²) in [5, 5.41) is 3.36. The highest BCUT2D eigenvalue weighted by Crippen LogP contribution is 2.37. The van der Waals surface area contributed by atoms with Crippen LogP contribution < -0.4 is 10.1 Å². The number of rotatable bonds is 6. The molecule has 1 fully saturated rings. The first-order valence-electron chi connectivity index (χ1n) is 8.09. The van der Waals surface area contributed by atoms with Crippen LogP contribution in [0.5, 0.6) is 5.75 Å². The molecule has 1 aliphatic heterocycles. The van der Waals surface area contributed by atoms with E-state index < -0.39 is 0 Å². The molecule has 1 aromatic carbocycles. The van der Waals surface area contributed by atoms with Crippen molar-refractivity contribution in [2.24, 2.45) is 5.41 Å². The monoisotopic (exact) mass is 289 g/mol. The molecular formula is C18H27NO2. The van der Waals surface area contributed by atoms with Crippen molar-refractivity contribution < 1.29 is 9.53 Å². The molecule has 1 heterocycles. The number of hydrogen-bond acceptors (Lipinski definition) is 3. The van der Waals surface area contributed by atoms with Crippen molar-refractivity contribution in [3.05, 3.63) is 29.8 Å². The summed E-state index contributed by atoms with van der Waals surface area (Å²) in [6.07, 6.45) is 4.09. The zero-order valence-corrected chi connectivity index (χ0v) is 13.4. The molecule has 0 amide bonds. The predicted molar refractivity (Wildman–Crippen MR) is 86.0 cm³/mol. The fourth-order valence-electron chi connectivity index (χ4n) is 3.24. The molecule has 1 saturated heterocycles. The molecule has 0 aliphatic carbocycles. The van der Waals surface area contributed by atoms with Crippen LogP contribution in [-0.4, -0.2) is 25.0 Å². The predicted octanol–water partition coefficient (Wildman–Crippen LogP) is 3.83. The van der Waals surface area contributed by atoms with E-state index in [0.717, 1.165) is 50.1 Å². The Morgan fingerprint density at radius 3 is 2.38 bits per heavy atom. The Balaban J connectivity index is 2.16. The molecular weight excluding hydrogens is 262 g/mol. The summed E-state index contributed by atoms with van der Waals surface area (Å²) in [5.74, 6) is 1.14. The molecule has 0 saturated carbocycles. The van der Waals surface area contributed by atoms with Gasteiger partial charge in [0.15, 0.2) is 5.78 Å². The smallest absolute Gasteiger partial charge is 0.169 e. The van der Waals surface area contributed by atoms with E-state index in [1.165, 1.54) is 0 Å². The quantitative estimate of drug-likeness (QED) is 0.809. The Labute approximate surface area is 128 Å². The number of Topliss-reactive ketones (excluding diaryl/α,β-unsaturated/α-hetero) is 1. The van der Waals surface area contributed by atoms with E-state index in [0.29, 0.717) is 5.78 Å². The van der Waals surface area contributed by atoms with Crippen molar-refractivity contribution in [3.8, 4) is 5.75 Å². The number of piperidine rings is 1. The fourth-order valence-corrected chi connectivity index (χ4v) is 3.24. The number of ketones is 1. The van der Waals surface area contributed by atoms with Gasteiger partial charge >= 0.3 is 0 Å². The van der Waals surface area contributed by atoms with Crippen LogP contribution in [0, 0.1) is 5.41 Å². The normalized spacial score (nSPS) is 17.7. The van der Waals surface area contributed by atoms with Crippen LogP contribution >= 0.6 is 0 Å². The molecule has 0 bridgehead atoms. The van der Waals surface area contributed by atoms with Crippen molar-refractivity contribution in [3.63, 3.8) is 0 Å². The summed E-state index contributed by atoms with van der Waals surface area (Å²) < 4.78 is 5.65. The summed E-state index contributed by atoms with van der Waals surface area (Å²) in [6, 6.07) is 7.65. The third-order valence-electron chi connectivity index (χ3n) is 4.26. The minimum atomic E-state index is -0.166. The molecule has 21 heavy (non-hydrogen) atoms. The van der Waals surface area contributed by atoms with Crippen LogP contribution in [0.1, 0.15) is 56.8 Å². The van der Waals surface area contributed by atoms with Gasteiger partial charge in [-0.05, 0) is 70.5 Å². The van der Waals surface area contributed by atoms with Crippen molar-refractivity contribution in [2.75, 3.05) is 13.1 Å². The lowest BCUT2D eigenvalue weighted by atomic mass is 9.70. The molecule has 3 nitrogen and oxygen atoms in total. The maximum atomic E-state index is 13.0. The zero-order chi connectivity index (χ0) is 15.3. The first kappa shape index (κ1) is 16.0. The second kappa shape index (κ2) is 7.08. The van der Waals surface area contributed by atoms with Crippen molar-refractivity contribution in [1.29, 1.82) is 0 Å². The molecule has 1 aromatic rings. The molecule has 0 atom stereocenters. The minimum absolute atomic E-state index is 0.155. The van der Waals surface area contributed by atoms with Crippen LogP contribution in [0.15, 0.2) is 24.3 Å². The van der Waals surface area contributed by atoms with Gasteiger partial charge in [0.2, 0.25) is 0 Å². The molecule has 0 radical (unpaired) electrons. The molecule has 1 N–H and O–H groups in total. The fraction of sp³-hybridized carbons (Fsp3) is 0.611. The van der Waals surface area contributed by atoms with Crippen LogP contribution in [0.3, 0.4) is 0 Å². The van der Waals surface area contributed by atoms with E-state index in [-0.39, 0.29) is 11.5 Å². The summed E-state index contributed by atoms with van der Waals surface area (Å²) >= 11 is 0. The summed E-state index contributed by atoms with van der Waals surface area (Å²) in [6.45, 7) is 8.06. The Morgan fingerprint density at radius 2 is 1.86 bits per heavy atom.